The first kappa shape index (κ1) is 19.3. The van der Waals surface area contributed by atoms with Crippen molar-refractivity contribution in [2.24, 2.45) is 0 Å². The van der Waals surface area contributed by atoms with Gasteiger partial charge in [-0.3, -0.25) is 0 Å². The zero-order valence-electron chi connectivity index (χ0n) is 16.3. The number of nitrogens with zero attached hydrogens (tertiary/aromatic N) is 3. The van der Waals surface area contributed by atoms with E-state index in [0.29, 0.717) is 5.65 Å². The summed E-state index contributed by atoms with van der Waals surface area (Å²) in [6.07, 6.45) is 5.81. The van der Waals surface area contributed by atoms with Crippen LogP contribution in [0.3, 0.4) is 0 Å². The first-order chi connectivity index (χ1) is 14.1. The SMILES string of the molecule is CCCCCc1cc2c(-c3ccccc3)cn(S(=O)(=O)c3ccccc3)c2nn1. The predicted molar refractivity (Wildman–Crippen MR) is 115 cm³/mol. The van der Waals surface area contributed by atoms with E-state index in [1.165, 1.54) is 3.97 Å². The van der Waals surface area contributed by atoms with E-state index < -0.39 is 10.0 Å². The molecule has 148 valence electrons. The second-order valence-electron chi connectivity index (χ2n) is 7.05. The lowest BCUT2D eigenvalue weighted by atomic mass is 10.1. The molecule has 2 aromatic carbocycles. The fourth-order valence-electron chi connectivity index (χ4n) is 3.45. The van der Waals surface area contributed by atoms with Crippen molar-refractivity contribution in [1.82, 2.24) is 14.2 Å². The van der Waals surface area contributed by atoms with Crippen molar-refractivity contribution in [1.29, 1.82) is 0 Å². The number of aromatic nitrogens is 3. The maximum absolute atomic E-state index is 13.3. The van der Waals surface area contributed by atoms with Gasteiger partial charge in [-0.1, -0.05) is 68.3 Å². The average molecular weight is 406 g/mol. The van der Waals surface area contributed by atoms with Gasteiger partial charge in [0.2, 0.25) is 0 Å². The standard InChI is InChI=1S/C23H23N3O2S/c1-2-3-6-13-19-16-21-22(18-11-7-4-8-12-18)17-26(23(21)25-24-19)29(27,28)20-14-9-5-10-15-20/h4-5,7-12,14-17H,2-3,6,13H2,1H3. The number of aryl methyl sites for hydroxylation is 1. The van der Waals surface area contributed by atoms with Crippen LogP contribution in [0.25, 0.3) is 22.2 Å². The van der Waals surface area contributed by atoms with Gasteiger partial charge in [-0.15, -0.1) is 5.10 Å². The highest BCUT2D eigenvalue weighted by atomic mass is 32.2. The lowest BCUT2D eigenvalue weighted by molar-refractivity contribution is 0.588. The maximum atomic E-state index is 13.3. The van der Waals surface area contributed by atoms with Crippen LogP contribution in [-0.4, -0.2) is 22.6 Å². The van der Waals surface area contributed by atoms with E-state index in [1.807, 2.05) is 36.4 Å². The van der Waals surface area contributed by atoms with Gasteiger partial charge in [0.1, 0.15) is 0 Å². The third-order valence-electron chi connectivity index (χ3n) is 4.99. The fourth-order valence-corrected chi connectivity index (χ4v) is 4.78. The molecule has 0 saturated heterocycles. The number of unbranched alkanes of at least 4 members (excludes halogenated alkanes) is 2. The molecule has 4 aromatic rings. The summed E-state index contributed by atoms with van der Waals surface area (Å²) in [6, 6.07) is 20.2. The zero-order valence-corrected chi connectivity index (χ0v) is 17.1. The number of hydrogen-bond donors (Lipinski definition) is 0. The van der Waals surface area contributed by atoms with Crippen LogP contribution in [0, 0.1) is 0 Å². The molecular formula is C23H23N3O2S. The van der Waals surface area contributed by atoms with E-state index in [9.17, 15) is 8.42 Å². The van der Waals surface area contributed by atoms with E-state index in [0.717, 1.165) is 47.9 Å². The number of hydrogen-bond acceptors (Lipinski definition) is 4. The minimum atomic E-state index is -3.77. The van der Waals surface area contributed by atoms with Gasteiger partial charge >= 0.3 is 0 Å². The lowest BCUT2D eigenvalue weighted by Crippen LogP contribution is -2.12. The molecule has 6 heteroatoms. The van der Waals surface area contributed by atoms with E-state index in [4.69, 9.17) is 0 Å². The van der Waals surface area contributed by atoms with Gasteiger partial charge in [0.05, 0.1) is 10.6 Å². The van der Waals surface area contributed by atoms with E-state index in [1.54, 1.807) is 36.5 Å². The molecule has 0 aliphatic carbocycles. The highest BCUT2D eigenvalue weighted by Crippen LogP contribution is 2.32. The lowest BCUT2D eigenvalue weighted by Gasteiger charge is -2.06. The zero-order chi connectivity index (χ0) is 20.3. The largest absolute Gasteiger partial charge is 0.269 e. The smallest absolute Gasteiger partial charge is 0.222 e. The van der Waals surface area contributed by atoms with E-state index in [2.05, 4.69) is 17.1 Å². The molecule has 0 aliphatic rings. The van der Waals surface area contributed by atoms with Crippen molar-refractivity contribution in [2.45, 2.75) is 37.5 Å². The molecule has 0 aliphatic heterocycles. The summed E-state index contributed by atoms with van der Waals surface area (Å²) < 4.78 is 27.8. The van der Waals surface area contributed by atoms with Crippen LogP contribution < -0.4 is 0 Å². The van der Waals surface area contributed by atoms with Gasteiger partial charge in [-0.05, 0) is 36.6 Å². The summed E-state index contributed by atoms with van der Waals surface area (Å²) in [5.41, 5.74) is 3.03. The van der Waals surface area contributed by atoms with Gasteiger partial charge in [0, 0.05) is 17.1 Å². The quantitative estimate of drug-likeness (QED) is 0.403. The molecule has 2 heterocycles. The summed E-state index contributed by atoms with van der Waals surface area (Å²) in [5.74, 6) is 0. The van der Waals surface area contributed by atoms with Crippen LogP contribution in [-0.2, 0) is 16.4 Å². The highest BCUT2D eigenvalue weighted by molar-refractivity contribution is 7.90. The molecule has 0 amide bonds. The molecule has 0 atom stereocenters. The van der Waals surface area contributed by atoms with Crippen LogP contribution >= 0.6 is 0 Å². The Morgan fingerprint density at radius 2 is 1.59 bits per heavy atom. The molecule has 0 spiro atoms. The Bertz CT molecular complexity index is 1220. The summed E-state index contributed by atoms with van der Waals surface area (Å²) in [7, 11) is -3.77. The second kappa shape index (κ2) is 8.17. The molecule has 0 radical (unpaired) electrons. The molecule has 5 nitrogen and oxygen atoms in total. The molecular weight excluding hydrogens is 382 g/mol. The Morgan fingerprint density at radius 1 is 0.897 bits per heavy atom. The minimum absolute atomic E-state index is 0.227. The van der Waals surface area contributed by atoms with Crippen LogP contribution in [0.5, 0.6) is 0 Å². The second-order valence-corrected chi connectivity index (χ2v) is 8.87. The Morgan fingerprint density at radius 3 is 2.28 bits per heavy atom. The summed E-state index contributed by atoms with van der Waals surface area (Å²) in [5, 5.41) is 9.45. The molecule has 0 bridgehead atoms. The average Bonchev–Trinajstić information content (AvgIpc) is 3.15. The summed E-state index contributed by atoms with van der Waals surface area (Å²) in [4.78, 5) is 0.227. The van der Waals surface area contributed by atoms with Crippen LogP contribution in [0.1, 0.15) is 31.9 Å². The Kier molecular flexibility index (Phi) is 5.45. The molecule has 4 rings (SSSR count). The maximum Gasteiger partial charge on any atom is 0.269 e. The van der Waals surface area contributed by atoms with Crippen molar-refractivity contribution in [3.63, 3.8) is 0 Å². The molecule has 2 aromatic heterocycles. The van der Waals surface area contributed by atoms with Crippen molar-refractivity contribution >= 4 is 21.1 Å². The van der Waals surface area contributed by atoms with Gasteiger partial charge < -0.3 is 0 Å². The Balaban J connectivity index is 1.90. The third kappa shape index (κ3) is 3.80. The molecule has 29 heavy (non-hydrogen) atoms. The van der Waals surface area contributed by atoms with Crippen molar-refractivity contribution < 1.29 is 8.42 Å². The van der Waals surface area contributed by atoms with Crippen molar-refractivity contribution in [3.8, 4) is 11.1 Å². The number of rotatable bonds is 7. The van der Waals surface area contributed by atoms with Gasteiger partial charge in [0.15, 0.2) is 5.65 Å². The van der Waals surface area contributed by atoms with Crippen LogP contribution in [0.2, 0.25) is 0 Å². The van der Waals surface area contributed by atoms with Crippen LogP contribution in [0.15, 0.2) is 77.8 Å². The first-order valence-electron chi connectivity index (χ1n) is 9.85. The van der Waals surface area contributed by atoms with Gasteiger partial charge in [-0.2, -0.15) is 5.10 Å². The minimum Gasteiger partial charge on any atom is -0.222 e. The molecule has 0 saturated carbocycles. The summed E-state index contributed by atoms with van der Waals surface area (Å²) in [6.45, 7) is 2.16. The highest BCUT2D eigenvalue weighted by Gasteiger charge is 2.23. The first-order valence-corrected chi connectivity index (χ1v) is 11.3. The van der Waals surface area contributed by atoms with E-state index in [-0.39, 0.29) is 4.90 Å². The number of benzene rings is 2. The normalized spacial score (nSPS) is 11.8. The molecule has 0 N–H and O–H groups in total. The topological polar surface area (TPSA) is 64.8 Å². The fraction of sp³-hybridized carbons (Fsp3) is 0.217. The van der Waals surface area contributed by atoms with E-state index >= 15 is 0 Å². The molecule has 0 fully saturated rings. The number of fused-ring (bicyclic) bond motifs is 1. The summed E-state index contributed by atoms with van der Waals surface area (Å²) >= 11 is 0. The Hall–Kier alpha value is -2.99. The van der Waals surface area contributed by atoms with Gasteiger partial charge in [-0.25, -0.2) is 12.4 Å². The molecule has 0 unspecified atom stereocenters. The van der Waals surface area contributed by atoms with Gasteiger partial charge in [0.25, 0.3) is 10.0 Å². The van der Waals surface area contributed by atoms with Crippen LogP contribution in [0.4, 0.5) is 0 Å². The predicted octanol–water partition coefficient (Wildman–Crippen LogP) is 5.07. The van der Waals surface area contributed by atoms with Crippen molar-refractivity contribution in [2.75, 3.05) is 0 Å². The Labute approximate surface area is 171 Å². The third-order valence-corrected chi connectivity index (χ3v) is 6.66. The van der Waals surface area contributed by atoms with Crippen molar-refractivity contribution in [3.05, 3.63) is 78.6 Å². The monoisotopic (exact) mass is 405 g/mol.